The first-order valence-electron chi connectivity index (χ1n) is 40.7. The van der Waals surface area contributed by atoms with Gasteiger partial charge in [0.15, 0.2) is 23.1 Å². The first-order chi connectivity index (χ1) is 55.9. The minimum Gasteiger partial charge on any atom is -0.502 e. The second-order valence-corrected chi connectivity index (χ2v) is 25.4. The molecule has 672 valence electrons. The van der Waals surface area contributed by atoms with Crippen molar-refractivity contribution in [3.05, 3.63) is 243 Å². The van der Waals surface area contributed by atoms with Crippen molar-refractivity contribution in [2.45, 2.75) is 223 Å². The Balaban J connectivity index is -0.000000119. The van der Waals surface area contributed by atoms with Crippen LogP contribution in [-0.2, 0) is 68.5 Å². The molecular weight excluding hydrogens is 1480 g/mol. The van der Waals surface area contributed by atoms with E-state index in [4.69, 9.17) is 33.2 Å². The zero-order valence-electron chi connectivity index (χ0n) is 75.2. The number of Topliss-reactive ketones (excluding diaryl/α,β-unsaturated/α-hetero) is 2. The van der Waals surface area contributed by atoms with E-state index in [2.05, 4.69) is 187 Å². The molecule has 0 fully saturated rings. The molecule has 7 N–H and O–H groups in total. The van der Waals surface area contributed by atoms with E-state index in [-0.39, 0.29) is 85.9 Å². The molecule has 0 spiro atoms. The minimum absolute atomic E-state index is 0.0368. The number of carbonyl (C=O) groups excluding carboxylic acids is 6. The van der Waals surface area contributed by atoms with E-state index in [1.165, 1.54) is 55.6 Å². The molecule has 2 amide bonds. The molecular formula is C97H167N3O17. The number of aliphatic hydroxyl groups excluding tert-OH is 4. The predicted octanol–water partition coefficient (Wildman–Crippen LogP) is 19.6. The van der Waals surface area contributed by atoms with Crippen molar-refractivity contribution in [2.24, 2.45) is 5.41 Å². The van der Waals surface area contributed by atoms with Crippen LogP contribution in [0.15, 0.2) is 232 Å². The van der Waals surface area contributed by atoms with E-state index < -0.39 is 18.3 Å². The Hall–Kier alpha value is -8.38. The largest absolute Gasteiger partial charge is 0.502 e. The van der Waals surface area contributed by atoms with Gasteiger partial charge in [0.25, 0.3) is 0 Å². The summed E-state index contributed by atoms with van der Waals surface area (Å²) < 4.78 is 35.9. The highest BCUT2D eigenvalue weighted by Crippen LogP contribution is 2.22. The van der Waals surface area contributed by atoms with Crippen LogP contribution in [0.2, 0.25) is 0 Å². The van der Waals surface area contributed by atoms with Crippen molar-refractivity contribution in [1.29, 1.82) is 0 Å². The Labute approximate surface area is 713 Å². The molecule has 117 heavy (non-hydrogen) atoms. The number of nitrogens with one attached hydrogen (secondary N) is 3. The molecule has 0 aliphatic carbocycles. The van der Waals surface area contributed by atoms with E-state index in [9.17, 15) is 49.2 Å². The molecule has 0 saturated carbocycles. The normalized spacial score (nSPS) is 9.38. The summed E-state index contributed by atoms with van der Waals surface area (Å²) in [5.74, 6) is -0.377. The van der Waals surface area contributed by atoms with Gasteiger partial charge in [0.2, 0.25) is 11.8 Å². The highest BCUT2D eigenvalue weighted by atomic mass is 16.5. The van der Waals surface area contributed by atoms with E-state index in [1.807, 2.05) is 51.2 Å². The Morgan fingerprint density at radius 3 is 1.15 bits per heavy atom. The van der Waals surface area contributed by atoms with Gasteiger partial charge >= 0.3 is 0 Å². The van der Waals surface area contributed by atoms with Crippen molar-refractivity contribution in [2.75, 3.05) is 105 Å². The van der Waals surface area contributed by atoms with Gasteiger partial charge in [-0.3, -0.25) is 28.8 Å². The van der Waals surface area contributed by atoms with Gasteiger partial charge in [-0.1, -0.05) is 213 Å². The molecule has 0 aromatic heterocycles. The van der Waals surface area contributed by atoms with Crippen molar-refractivity contribution in [3.63, 3.8) is 0 Å². The van der Waals surface area contributed by atoms with Gasteiger partial charge in [-0.25, -0.2) is 0 Å². The summed E-state index contributed by atoms with van der Waals surface area (Å²) in [6, 6.07) is 8.26. The molecule has 1 aromatic rings. The number of benzene rings is 1. The fourth-order valence-electron chi connectivity index (χ4n) is 6.83. The van der Waals surface area contributed by atoms with Gasteiger partial charge in [0.05, 0.1) is 104 Å². The maximum absolute atomic E-state index is 11.2. The first-order valence-corrected chi connectivity index (χ1v) is 40.7. The first kappa shape index (κ1) is 132. The van der Waals surface area contributed by atoms with E-state index in [0.717, 1.165) is 103 Å². The van der Waals surface area contributed by atoms with Crippen molar-refractivity contribution >= 4 is 41.0 Å². The Bertz CT molecular complexity index is 2560. The third-order valence-electron chi connectivity index (χ3n) is 14.1. The molecule has 0 bridgehead atoms. The number of allylic oxidation sites excluding steroid dienone is 6. The fraction of sp³-hybridized carbons (Fsp3) is 0.526. The lowest BCUT2D eigenvalue weighted by Crippen LogP contribution is -2.35. The quantitative estimate of drug-likeness (QED) is 0.0138. The lowest BCUT2D eigenvalue weighted by molar-refractivity contribution is -0.118. The van der Waals surface area contributed by atoms with Crippen LogP contribution >= 0.6 is 0 Å². The molecule has 0 heterocycles. The molecule has 0 radical (unpaired) electrons. The highest BCUT2D eigenvalue weighted by molar-refractivity contribution is 5.95. The lowest BCUT2D eigenvalue weighted by Gasteiger charge is -2.29. The van der Waals surface area contributed by atoms with E-state index >= 15 is 0 Å². The molecule has 0 aliphatic rings. The van der Waals surface area contributed by atoms with Crippen LogP contribution in [0.25, 0.3) is 6.08 Å². The number of hydrogen-bond acceptors (Lipinski definition) is 18. The topological polar surface area (TPSA) is 284 Å². The zero-order valence-corrected chi connectivity index (χ0v) is 75.2. The molecule has 0 saturated heterocycles. The smallest absolute Gasteiger partial charge is 0.246 e. The summed E-state index contributed by atoms with van der Waals surface area (Å²) in [5, 5.41) is 45.8. The van der Waals surface area contributed by atoms with Crippen LogP contribution in [0.4, 0.5) is 0 Å². The maximum atomic E-state index is 11.2. The van der Waals surface area contributed by atoms with Gasteiger partial charge in [-0.05, 0) is 138 Å². The summed E-state index contributed by atoms with van der Waals surface area (Å²) in [5.41, 5.74) is 3.66. The maximum Gasteiger partial charge on any atom is 0.246 e. The third-order valence-corrected chi connectivity index (χ3v) is 14.1. The molecule has 0 atom stereocenters. The third kappa shape index (κ3) is 126. The van der Waals surface area contributed by atoms with Crippen LogP contribution in [0.5, 0.6) is 0 Å². The number of ether oxygens (including phenoxy) is 7. The molecule has 0 aliphatic heterocycles. The van der Waals surface area contributed by atoms with E-state index in [1.54, 1.807) is 45.1 Å². The van der Waals surface area contributed by atoms with Crippen LogP contribution in [0.1, 0.15) is 209 Å². The highest BCUT2D eigenvalue weighted by Gasteiger charge is 2.28. The van der Waals surface area contributed by atoms with Gasteiger partial charge in [0.1, 0.15) is 6.10 Å². The molecule has 20 nitrogen and oxygen atoms in total. The number of unbranched alkanes of at least 4 members (excludes halogenated alkanes) is 3. The average Bonchev–Trinajstić information content (AvgIpc) is 0.910. The number of rotatable bonds is 60. The van der Waals surface area contributed by atoms with Gasteiger partial charge < -0.3 is 69.5 Å². The summed E-state index contributed by atoms with van der Waals surface area (Å²) in [6.07, 6.45) is 35.5. The van der Waals surface area contributed by atoms with Crippen LogP contribution in [0.3, 0.4) is 0 Å². The Morgan fingerprint density at radius 2 is 0.838 bits per heavy atom. The monoisotopic (exact) mass is 1650 g/mol. The molecule has 0 unspecified atom stereocenters. The summed E-state index contributed by atoms with van der Waals surface area (Å²) in [4.78, 5) is 65.0. The zero-order chi connectivity index (χ0) is 91.8. The summed E-state index contributed by atoms with van der Waals surface area (Å²) in [7, 11) is 0. The predicted molar refractivity (Wildman–Crippen MR) is 498 cm³/mol. The Kier molecular flexibility index (Phi) is 129. The van der Waals surface area contributed by atoms with Gasteiger partial charge in [-0.2, -0.15) is 0 Å². The van der Waals surface area contributed by atoms with E-state index in [0.29, 0.717) is 88.7 Å². The van der Waals surface area contributed by atoms with Crippen LogP contribution in [0, 0.1) is 5.41 Å². The second kappa shape index (κ2) is 114. The lowest BCUT2D eigenvalue weighted by atomic mass is 9.88. The number of aliphatic hydroxyl groups is 4. The molecule has 20 heteroatoms. The van der Waals surface area contributed by atoms with Gasteiger partial charge in [-0.15, -0.1) is 52.6 Å². The van der Waals surface area contributed by atoms with Crippen LogP contribution < -0.4 is 16.0 Å². The number of hydrogen-bond donors (Lipinski definition) is 7. The summed E-state index contributed by atoms with van der Waals surface area (Å²) in [6.45, 7) is 90.7. The average molecular weight is 1650 g/mol. The van der Waals surface area contributed by atoms with Gasteiger partial charge in [0, 0.05) is 69.5 Å². The number of carbonyl (C=O) groups is 6. The second-order valence-electron chi connectivity index (χ2n) is 25.4. The van der Waals surface area contributed by atoms with Crippen molar-refractivity contribution in [3.8, 4) is 0 Å². The Morgan fingerprint density at radius 1 is 0.444 bits per heavy atom. The van der Waals surface area contributed by atoms with Crippen molar-refractivity contribution in [1.82, 2.24) is 16.0 Å². The minimum atomic E-state index is -0.605. The number of amides is 2. The van der Waals surface area contributed by atoms with Crippen molar-refractivity contribution < 1.29 is 82.4 Å². The standard InChI is InChI=1S/C13H20O3.C12H22O3.C12H16O.C11H16O3.C9H16O3.C7H13NO.C7H14O.C6H11NO.C6H11N.C6H12O.2C4H8/c1-9(2)12(15)7-5-11(14)6-8-13(16)10(3)4;1-4-7-14-10-12(6-3,9-13)11-15-8-5-2;1-3-9-13-10-12-7-5-11(4-2)6-8-12;1-3-9(12)5-7-11(14)8-6-10(13)4-2;1-3-5-11-7-9(10)8-12-6-4-2;1-4-5-8-7(9)6(2)3;1-3-5-6-7-8-4-2;1-3-5-7-6(8)4-2;1-3-5-7-6-4-2;1-3-5-6-7-4-2;2*1-3-4-2/h11,14H,1,3,5-8H2,2,4H3;4-5,13H,1-2,6-11H2,3H3;4-8H,2-3,9-10H2,1H3;3-4,11,14H,1-2,5-8H2;3-4,9-10H,1-2,5-8H2;2,4-5H2,1,3H3,(H,8,9);4H,2-3,5-7H2,1H3;4H,2-3,5H2,1H3,(H,7,8);3-4,7H,1-2,5-6H2;4H,2-3,5-6H2,1H3;2*3H,1,4H2,2H3. The summed E-state index contributed by atoms with van der Waals surface area (Å²) >= 11 is 0. The van der Waals surface area contributed by atoms with Crippen LogP contribution in [-0.4, -0.2) is 179 Å². The molecule has 1 rings (SSSR count). The SMILES string of the molecule is C=C(C)C(=O)CCC(O)CCC(=O)C(=C)C.C=C(C)C(=O)NCCC.C=CC(=O)CCC(O)CCC(=O)C=C.C=CC(=O)NCCC.C=CCC.C=CCC.C=CCNCC=C.C=CCOCC(CC)(CO)COCC=C.C=CCOCC(O)COCC=C.C=COCCCC.C=COCCCCC.C=Cc1ccc(COCCC)cc1. The fourth-order valence-corrected chi connectivity index (χ4v) is 6.83. The number of ketones is 4. The molecule has 1 aromatic carbocycles.